The highest BCUT2D eigenvalue weighted by Crippen LogP contribution is 2.09. The zero-order valence-electron chi connectivity index (χ0n) is 6.93. The highest BCUT2D eigenvalue weighted by Gasteiger charge is 1.98. The zero-order valence-corrected chi connectivity index (χ0v) is 6.93. The van der Waals surface area contributed by atoms with Crippen LogP contribution < -0.4 is 5.73 Å². The Hall–Kier alpha value is -0.720. The summed E-state index contributed by atoms with van der Waals surface area (Å²) >= 11 is 0. The molecule has 2 N–H and O–H groups in total. The van der Waals surface area contributed by atoms with Crippen molar-refractivity contribution >= 4 is 0 Å². The van der Waals surface area contributed by atoms with Crippen LogP contribution in [0.2, 0.25) is 0 Å². The second-order valence-electron chi connectivity index (χ2n) is 2.69. The van der Waals surface area contributed by atoms with Gasteiger partial charge >= 0.3 is 0 Å². The largest absolute Gasteiger partial charge is 0.402 e. The molecule has 0 aliphatic rings. The number of hydrogen-bond donors (Lipinski definition) is 1. The summed E-state index contributed by atoms with van der Waals surface area (Å²) in [6.45, 7) is 7.95. The molecule has 0 heterocycles. The number of nitrogens with two attached hydrogens (primary N) is 1. The van der Waals surface area contributed by atoms with Gasteiger partial charge in [0.2, 0.25) is 0 Å². The lowest BCUT2D eigenvalue weighted by Gasteiger charge is -2.06. The van der Waals surface area contributed by atoms with Gasteiger partial charge in [-0.15, -0.1) is 0 Å². The lowest BCUT2D eigenvalue weighted by atomic mass is 10.0. The normalized spacial score (nSPS) is 14.8. The van der Waals surface area contributed by atoms with Gasteiger partial charge in [0.25, 0.3) is 0 Å². The molecule has 0 aliphatic heterocycles. The molecule has 0 bridgehead atoms. The molecule has 58 valence electrons. The van der Waals surface area contributed by atoms with Crippen molar-refractivity contribution in [1.82, 2.24) is 0 Å². The molecule has 0 fully saturated rings. The molecule has 10 heavy (non-hydrogen) atoms. The van der Waals surface area contributed by atoms with E-state index in [2.05, 4.69) is 20.4 Å². The van der Waals surface area contributed by atoms with E-state index in [9.17, 15) is 0 Å². The first kappa shape index (κ1) is 9.28. The molecule has 1 unspecified atom stereocenters. The number of hydrogen-bond acceptors (Lipinski definition) is 1. The van der Waals surface area contributed by atoms with Gasteiger partial charge in [0.1, 0.15) is 0 Å². The van der Waals surface area contributed by atoms with Gasteiger partial charge in [-0.2, -0.15) is 0 Å². The van der Waals surface area contributed by atoms with Crippen LogP contribution in [0.25, 0.3) is 0 Å². The second-order valence-corrected chi connectivity index (χ2v) is 2.69. The van der Waals surface area contributed by atoms with Crippen molar-refractivity contribution in [3.63, 3.8) is 0 Å². The van der Waals surface area contributed by atoms with E-state index in [1.807, 2.05) is 6.08 Å². The standard InChI is InChI=1S/C9H17N/c1-4-6-9(10)7-8(3)5-2/h4,6,8H,1,5,7,10H2,2-3H3/b9-6+. The molecule has 0 amide bonds. The minimum Gasteiger partial charge on any atom is -0.402 e. The van der Waals surface area contributed by atoms with Crippen LogP contribution in [0.5, 0.6) is 0 Å². The highest BCUT2D eigenvalue weighted by molar-refractivity contribution is 5.06. The maximum atomic E-state index is 5.65. The van der Waals surface area contributed by atoms with Crippen molar-refractivity contribution in [2.24, 2.45) is 11.7 Å². The van der Waals surface area contributed by atoms with Crippen molar-refractivity contribution < 1.29 is 0 Å². The fraction of sp³-hybridized carbons (Fsp3) is 0.556. The Balaban J connectivity index is 3.66. The molecular formula is C9H17N. The lowest BCUT2D eigenvalue weighted by molar-refractivity contribution is 0.554. The summed E-state index contributed by atoms with van der Waals surface area (Å²) < 4.78 is 0. The van der Waals surface area contributed by atoms with Crippen LogP contribution in [0.4, 0.5) is 0 Å². The fourth-order valence-corrected chi connectivity index (χ4v) is 0.766. The van der Waals surface area contributed by atoms with Crippen LogP contribution >= 0.6 is 0 Å². The average Bonchev–Trinajstić information content (AvgIpc) is 1.88. The number of allylic oxidation sites excluding steroid dienone is 3. The average molecular weight is 139 g/mol. The smallest absolute Gasteiger partial charge is 0.00829 e. The van der Waals surface area contributed by atoms with Gasteiger partial charge in [0.05, 0.1) is 0 Å². The van der Waals surface area contributed by atoms with E-state index in [1.165, 1.54) is 6.42 Å². The summed E-state index contributed by atoms with van der Waals surface area (Å²) in [5.41, 5.74) is 6.59. The predicted octanol–water partition coefficient (Wildman–Crippen LogP) is 2.45. The first-order valence-corrected chi connectivity index (χ1v) is 3.77. The SMILES string of the molecule is C=C/C=C(/N)CC(C)CC. The van der Waals surface area contributed by atoms with E-state index in [1.54, 1.807) is 6.08 Å². The van der Waals surface area contributed by atoms with E-state index >= 15 is 0 Å². The molecule has 1 heteroatoms. The maximum Gasteiger partial charge on any atom is 0.00829 e. The molecule has 1 nitrogen and oxygen atoms in total. The number of rotatable bonds is 4. The van der Waals surface area contributed by atoms with E-state index in [0.29, 0.717) is 5.92 Å². The highest BCUT2D eigenvalue weighted by atomic mass is 14.6. The molecule has 0 rings (SSSR count). The fourth-order valence-electron chi connectivity index (χ4n) is 0.766. The summed E-state index contributed by atoms with van der Waals surface area (Å²) in [5.74, 6) is 0.691. The third-order valence-corrected chi connectivity index (χ3v) is 1.61. The van der Waals surface area contributed by atoms with Gasteiger partial charge in [-0.25, -0.2) is 0 Å². The van der Waals surface area contributed by atoms with Gasteiger partial charge in [-0.1, -0.05) is 32.9 Å². The molecule has 0 aromatic carbocycles. The summed E-state index contributed by atoms with van der Waals surface area (Å²) in [6.07, 6.45) is 5.78. The Morgan fingerprint density at radius 3 is 2.70 bits per heavy atom. The van der Waals surface area contributed by atoms with Crippen LogP contribution in [-0.2, 0) is 0 Å². The van der Waals surface area contributed by atoms with Crippen molar-refractivity contribution in [1.29, 1.82) is 0 Å². The van der Waals surface area contributed by atoms with Crippen LogP contribution in [-0.4, -0.2) is 0 Å². The molecule has 0 saturated carbocycles. The summed E-state index contributed by atoms with van der Waals surface area (Å²) in [7, 11) is 0. The lowest BCUT2D eigenvalue weighted by Crippen LogP contribution is -2.02. The Bertz CT molecular complexity index is 125. The van der Waals surface area contributed by atoms with Crippen LogP contribution in [0, 0.1) is 5.92 Å². The minimum absolute atomic E-state index is 0.691. The van der Waals surface area contributed by atoms with Gasteiger partial charge in [0.15, 0.2) is 0 Å². The third-order valence-electron chi connectivity index (χ3n) is 1.61. The van der Waals surface area contributed by atoms with E-state index in [-0.39, 0.29) is 0 Å². The monoisotopic (exact) mass is 139 g/mol. The van der Waals surface area contributed by atoms with E-state index < -0.39 is 0 Å². The van der Waals surface area contributed by atoms with Crippen LogP contribution in [0.3, 0.4) is 0 Å². The quantitative estimate of drug-likeness (QED) is 0.595. The zero-order chi connectivity index (χ0) is 7.98. The topological polar surface area (TPSA) is 26.0 Å². The Morgan fingerprint density at radius 1 is 1.70 bits per heavy atom. The van der Waals surface area contributed by atoms with Gasteiger partial charge in [0, 0.05) is 5.70 Å². The molecule has 1 atom stereocenters. The molecule has 0 aromatic heterocycles. The predicted molar refractivity (Wildman–Crippen MR) is 46.5 cm³/mol. The summed E-state index contributed by atoms with van der Waals surface area (Å²) in [6, 6.07) is 0. The molecular weight excluding hydrogens is 122 g/mol. The van der Waals surface area contributed by atoms with E-state index in [4.69, 9.17) is 5.73 Å². The Labute approximate surface area is 63.6 Å². The molecule has 0 aromatic rings. The van der Waals surface area contributed by atoms with Gasteiger partial charge < -0.3 is 5.73 Å². The summed E-state index contributed by atoms with van der Waals surface area (Å²) in [4.78, 5) is 0. The van der Waals surface area contributed by atoms with Crippen molar-refractivity contribution in [3.8, 4) is 0 Å². The molecule has 0 radical (unpaired) electrons. The van der Waals surface area contributed by atoms with Gasteiger partial charge in [-0.3, -0.25) is 0 Å². The van der Waals surface area contributed by atoms with Crippen molar-refractivity contribution in [3.05, 3.63) is 24.4 Å². The van der Waals surface area contributed by atoms with Crippen LogP contribution in [0.15, 0.2) is 24.4 Å². The third kappa shape index (κ3) is 4.19. The maximum absolute atomic E-state index is 5.65. The second kappa shape index (κ2) is 5.10. The van der Waals surface area contributed by atoms with E-state index in [0.717, 1.165) is 12.1 Å². The molecule has 0 spiro atoms. The first-order valence-electron chi connectivity index (χ1n) is 3.77. The summed E-state index contributed by atoms with van der Waals surface area (Å²) in [5, 5.41) is 0. The van der Waals surface area contributed by atoms with Crippen molar-refractivity contribution in [2.45, 2.75) is 26.7 Å². The Kier molecular flexibility index (Phi) is 4.73. The van der Waals surface area contributed by atoms with Gasteiger partial charge in [-0.05, 0) is 18.4 Å². The minimum atomic E-state index is 0.691. The van der Waals surface area contributed by atoms with Crippen LogP contribution in [0.1, 0.15) is 26.7 Å². The van der Waals surface area contributed by atoms with Crippen molar-refractivity contribution in [2.75, 3.05) is 0 Å². The molecule has 0 aliphatic carbocycles. The molecule has 0 saturated heterocycles. The first-order chi connectivity index (χ1) is 4.70. The Morgan fingerprint density at radius 2 is 2.30 bits per heavy atom.